The van der Waals surface area contributed by atoms with Crippen LogP contribution >= 0.6 is 0 Å². The van der Waals surface area contributed by atoms with Crippen LogP contribution in [0.25, 0.3) is 0 Å². The molecule has 0 radical (unpaired) electrons. The number of nitrogens with zero attached hydrogens (tertiary/aromatic N) is 3. The van der Waals surface area contributed by atoms with Gasteiger partial charge < -0.3 is 15.1 Å². The molecule has 1 aromatic rings. The maximum absolute atomic E-state index is 4.62. The van der Waals surface area contributed by atoms with Crippen LogP contribution in [0.3, 0.4) is 0 Å². The van der Waals surface area contributed by atoms with E-state index in [1.54, 1.807) is 0 Å². The topological polar surface area (TPSA) is 31.4 Å². The zero-order chi connectivity index (χ0) is 14.5. The van der Waals surface area contributed by atoms with Crippen molar-refractivity contribution >= 4 is 5.82 Å². The molecule has 1 aliphatic rings. The predicted molar refractivity (Wildman–Crippen MR) is 85.2 cm³/mol. The summed E-state index contributed by atoms with van der Waals surface area (Å²) >= 11 is 0. The Kier molecular flexibility index (Phi) is 5.38. The highest BCUT2D eigenvalue weighted by Gasteiger charge is 2.22. The summed E-state index contributed by atoms with van der Waals surface area (Å²) in [5.41, 5.74) is 1.29. The van der Waals surface area contributed by atoms with E-state index in [9.17, 15) is 0 Å². The van der Waals surface area contributed by atoms with Gasteiger partial charge in [-0.05, 0) is 45.5 Å². The summed E-state index contributed by atoms with van der Waals surface area (Å²) in [6, 6.07) is 4.56. The molecule has 1 aromatic heterocycles. The van der Waals surface area contributed by atoms with E-state index in [-0.39, 0.29) is 0 Å². The molecule has 0 bridgehead atoms. The second-order valence-corrected chi connectivity index (χ2v) is 5.99. The molecule has 4 nitrogen and oxygen atoms in total. The average Bonchev–Trinajstić information content (AvgIpc) is 2.84. The Morgan fingerprint density at radius 1 is 1.55 bits per heavy atom. The molecule has 1 aliphatic heterocycles. The standard InChI is InChI=1S/C16H28N4/c1-5-17-13(2)15-7-6-9-18-16(15)20(4)12-14-8-10-19(3)11-14/h6-7,9,13-14,17H,5,8,10-12H2,1-4H3. The van der Waals surface area contributed by atoms with Gasteiger partial charge in [0.25, 0.3) is 0 Å². The molecule has 1 fully saturated rings. The predicted octanol–water partition coefficient (Wildman–Crippen LogP) is 2.14. The molecule has 0 aromatic carbocycles. The summed E-state index contributed by atoms with van der Waals surface area (Å²) in [7, 11) is 4.38. The van der Waals surface area contributed by atoms with Gasteiger partial charge in [0.1, 0.15) is 5.82 Å². The van der Waals surface area contributed by atoms with Crippen molar-refractivity contribution in [3.8, 4) is 0 Å². The van der Waals surface area contributed by atoms with Gasteiger partial charge >= 0.3 is 0 Å². The van der Waals surface area contributed by atoms with Crippen molar-refractivity contribution in [2.45, 2.75) is 26.3 Å². The van der Waals surface area contributed by atoms with E-state index in [2.05, 4.69) is 54.1 Å². The summed E-state index contributed by atoms with van der Waals surface area (Å²) in [6.07, 6.45) is 3.19. The lowest BCUT2D eigenvalue weighted by atomic mass is 10.1. The minimum absolute atomic E-state index is 0.345. The highest BCUT2D eigenvalue weighted by atomic mass is 15.2. The summed E-state index contributed by atoms with van der Waals surface area (Å²) in [6.45, 7) is 8.85. The number of hydrogen-bond donors (Lipinski definition) is 1. The Labute approximate surface area is 123 Å². The Balaban J connectivity index is 2.07. The third kappa shape index (κ3) is 3.70. The van der Waals surface area contributed by atoms with E-state index in [0.29, 0.717) is 6.04 Å². The monoisotopic (exact) mass is 276 g/mol. The minimum atomic E-state index is 0.345. The number of anilines is 1. The lowest BCUT2D eigenvalue weighted by Gasteiger charge is -2.26. The molecule has 4 heteroatoms. The summed E-state index contributed by atoms with van der Waals surface area (Å²) in [4.78, 5) is 9.36. The maximum Gasteiger partial charge on any atom is 0.133 e. The molecule has 0 spiro atoms. The quantitative estimate of drug-likeness (QED) is 0.862. The molecule has 0 amide bonds. The number of nitrogens with one attached hydrogen (secondary N) is 1. The number of hydrogen-bond acceptors (Lipinski definition) is 4. The van der Waals surface area contributed by atoms with Crippen molar-refractivity contribution in [2.24, 2.45) is 5.92 Å². The third-order valence-electron chi connectivity index (χ3n) is 4.18. The highest BCUT2D eigenvalue weighted by molar-refractivity contribution is 5.47. The van der Waals surface area contributed by atoms with Crippen LogP contribution < -0.4 is 10.2 Å². The van der Waals surface area contributed by atoms with Crippen LogP contribution in [-0.2, 0) is 0 Å². The Morgan fingerprint density at radius 2 is 2.35 bits per heavy atom. The fraction of sp³-hybridized carbons (Fsp3) is 0.688. The van der Waals surface area contributed by atoms with Gasteiger partial charge in [-0.3, -0.25) is 0 Å². The van der Waals surface area contributed by atoms with Crippen LogP contribution in [0.2, 0.25) is 0 Å². The van der Waals surface area contributed by atoms with Crippen molar-refractivity contribution in [2.75, 3.05) is 45.2 Å². The van der Waals surface area contributed by atoms with Crippen LogP contribution in [0.15, 0.2) is 18.3 Å². The van der Waals surface area contributed by atoms with E-state index in [1.165, 1.54) is 25.1 Å². The molecule has 20 heavy (non-hydrogen) atoms. The van der Waals surface area contributed by atoms with Crippen molar-refractivity contribution in [1.82, 2.24) is 15.2 Å². The lowest BCUT2D eigenvalue weighted by molar-refractivity contribution is 0.395. The number of pyridine rings is 1. The average molecular weight is 276 g/mol. The number of aromatic nitrogens is 1. The number of rotatable bonds is 6. The normalized spacial score (nSPS) is 21.1. The second-order valence-electron chi connectivity index (χ2n) is 5.99. The largest absolute Gasteiger partial charge is 0.359 e. The van der Waals surface area contributed by atoms with Gasteiger partial charge in [0.2, 0.25) is 0 Å². The van der Waals surface area contributed by atoms with E-state index in [0.717, 1.165) is 24.8 Å². The summed E-state index contributed by atoms with van der Waals surface area (Å²) in [5.74, 6) is 1.88. The molecule has 1 saturated heterocycles. The van der Waals surface area contributed by atoms with Gasteiger partial charge in [-0.1, -0.05) is 13.0 Å². The highest BCUT2D eigenvalue weighted by Crippen LogP contribution is 2.25. The molecule has 2 unspecified atom stereocenters. The molecule has 2 heterocycles. The molecule has 2 rings (SSSR count). The molecule has 0 aliphatic carbocycles. The molecular weight excluding hydrogens is 248 g/mol. The Bertz CT molecular complexity index is 421. The molecule has 112 valence electrons. The van der Waals surface area contributed by atoms with Gasteiger partial charge in [-0.15, -0.1) is 0 Å². The van der Waals surface area contributed by atoms with Gasteiger partial charge in [0.05, 0.1) is 0 Å². The van der Waals surface area contributed by atoms with Crippen molar-refractivity contribution in [3.05, 3.63) is 23.9 Å². The van der Waals surface area contributed by atoms with Crippen LogP contribution in [-0.4, -0.2) is 50.2 Å². The van der Waals surface area contributed by atoms with E-state index >= 15 is 0 Å². The first-order chi connectivity index (χ1) is 9.61. The van der Waals surface area contributed by atoms with E-state index in [4.69, 9.17) is 0 Å². The fourth-order valence-corrected chi connectivity index (χ4v) is 3.13. The first-order valence-corrected chi connectivity index (χ1v) is 7.69. The van der Waals surface area contributed by atoms with E-state index < -0.39 is 0 Å². The third-order valence-corrected chi connectivity index (χ3v) is 4.18. The van der Waals surface area contributed by atoms with Crippen LogP contribution in [0.1, 0.15) is 31.9 Å². The SMILES string of the molecule is CCNC(C)c1cccnc1N(C)CC1CCN(C)C1. The molecule has 2 atom stereocenters. The number of likely N-dealkylation sites (tertiary alicyclic amines) is 1. The second kappa shape index (κ2) is 7.04. The van der Waals surface area contributed by atoms with Gasteiger partial charge in [-0.2, -0.15) is 0 Å². The zero-order valence-corrected chi connectivity index (χ0v) is 13.3. The Morgan fingerprint density at radius 3 is 3.00 bits per heavy atom. The summed E-state index contributed by atoms with van der Waals surface area (Å²) in [5, 5.41) is 3.48. The lowest BCUT2D eigenvalue weighted by Crippen LogP contribution is -2.30. The first-order valence-electron chi connectivity index (χ1n) is 7.69. The zero-order valence-electron chi connectivity index (χ0n) is 13.3. The first kappa shape index (κ1) is 15.3. The molecular formula is C16H28N4. The van der Waals surface area contributed by atoms with Crippen molar-refractivity contribution in [1.29, 1.82) is 0 Å². The molecule has 1 N–H and O–H groups in total. The minimum Gasteiger partial charge on any atom is -0.359 e. The van der Waals surface area contributed by atoms with Gasteiger partial charge in [0.15, 0.2) is 0 Å². The van der Waals surface area contributed by atoms with E-state index in [1.807, 2.05) is 12.3 Å². The fourth-order valence-electron chi connectivity index (χ4n) is 3.13. The van der Waals surface area contributed by atoms with Crippen LogP contribution in [0.5, 0.6) is 0 Å². The van der Waals surface area contributed by atoms with Crippen LogP contribution in [0.4, 0.5) is 5.82 Å². The van der Waals surface area contributed by atoms with Crippen LogP contribution in [0, 0.1) is 5.92 Å². The smallest absolute Gasteiger partial charge is 0.133 e. The van der Waals surface area contributed by atoms with Gasteiger partial charge in [-0.25, -0.2) is 4.98 Å². The van der Waals surface area contributed by atoms with Crippen molar-refractivity contribution < 1.29 is 0 Å². The maximum atomic E-state index is 4.62. The Hall–Kier alpha value is -1.13. The van der Waals surface area contributed by atoms with Gasteiger partial charge in [0, 0.05) is 37.9 Å². The van der Waals surface area contributed by atoms with Crippen molar-refractivity contribution in [3.63, 3.8) is 0 Å². The molecule has 0 saturated carbocycles. The summed E-state index contributed by atoms with van der Waals surface area (Å²) < 4.78 is 0.